The van der Waals surface area contributed by atoms with Gasteiger partial charge in [0.1, 0.15) is 6.10 Å². The molecule has 4 nitrogen and oxygen atoms in total. The monoisotopic (exact) mass is 266 g/mol. The molecule has 1 saturated carbocycles. The first-order chi connectivity index (χ1) is 9.21. The maximum absolute atomic E-state index is 10.5. The van der Waals surface area contributed by atoms with E-state index in [0.29, 0.717) is 24.0 Å². The Morgan fingerprint density at radius 1 is 1.21 bits per heavy atom. The second-order valence-corrected chi connectivity index (χ2v) is 4.82. The molecule has 0 aliphatic heterocycles. The SMILES string of the molecule is CCOC(C1CC1)C(O)c1ccc(OC)c(OC)c1. The second-order valence-electron chi connectivity index (χ2n) is 4.82. The van der Waals surface area contributed by atoms with Crippen molar-refractivity contribution in [2.75, 3.05) is 20.8 Å². The van der Waals surface area contributed by atoms with Crippen LogP contribution in [0.15, 0.2) is 18.2 Å². The fourth-order valence-electron chi connectivity index (χ4n) is 2.33. The van der Waals surface area contributed by atoms with Gasteiger partial charge in [0.2, 0.25) is 0 Å². The lowest BCUT2D eigenvalue weighted by molar-refractivity contribution is -0.0462. The zero-order valence-electron chi connectivity index (χ0n) is 11.8. The van der Waals surface area contributed by atoms with Crippen molar-refractivity contribution in [3.63, 3.8) is 0 Å². The molecule has 0 radical (unpaired) electrons. The highest BCUT2D eigenvalue weighted by atomic mass is 16.5. The molecule has 1 aliphatic carbocycles. The van der Waals surface area contributed by atoms with Gasteiger partial charge in [0.05, 0.1) is 20.3 Å². The number of aliphatic hydroxyl groups excluding tert-OH is 1. The topological polar surface area (TPSA) is 47.9 Å². The molecule has 1 fully saturated rings. The molecule has 0 bridgehead atoms. The molecular formula is C15H22O4. The minimum Gasteiger partial charge on any atom is -0.493 e. The standard InChI is InChI=1S/C15H22O4/c1-4-19-15(10-5-6-10)14(16)11-7-8-12(17-2)13(9-11)18-3/h7-10,14-16H,4-6H2,1-3H3. The number of hydrogen-bond acceptors (Lipinski definition) is 4. The first-order valence-electron chi connectivity index (χ1n) is 6.72. The molecule has 0 heterocycles. The van der Waals surface area contributed by atoms with Gasteiger partial charge >= 0.3 is 0 Å². The zero-order valence-corrected chi connectivity index (χ0v) is 11.8. The lowest BCUT2D eigenvalue weighted by atomic mass is 10.0. The van der Waals surface area contributed by atoms with E-state index < -0.39 is 6.10 Å². The molecule has 2 atom stereocenters. The summed E-state index contributed by atoms with van der Waals surface area (Å²) in [5.41, 5.74) is 0.808. The number of rotatable bonds is 7. The van der Waals surface area contributed by atoms with Gasteiger partial charge in [-0.2, -0.15) is 0 Å². The molecule has 4 heteroatoms. The summed E-state index contributed by atoms with van der Waals surface area (Å²) in [7, 11) is 3.19. The van der Waals surface area contributed by atoms with Gasteiger partial charge in [-0.3, -0.25) is 0 Å². The molecule has 1 aliphatic rings. The van der Waals surface area contributed by atoms with Crippen molar-refractivity contribution in [1.82, 2.24) is 0 Å². The van der Waals surface area contributed by atoms with E-state index in [2.05, 4.69) is 0 Å². The third kappa shape index (κ3) is 3.19. The number of benzene rings is 1. The predicted molar refractivity (Wildman–Crippen MR) is 72.6 cm³/mol. The molecule has 19 heavy (non-hydrogen) atoms. The molecule has 106 valence electrons. The van der Waals surface area contributed by atoms with Gasteiger partial charge in [-0.15, -0.1) is 0 Å². The zero-order chi connectivity index (χ0) is 13.8. The smallest absolute Gasteiger partial charge is 0.161 e. The summed E-state index contributed by atoms with van der Waals surface area (Å²) in [6.07, 6.45) is 1.53. The number of aliphatic hydroxyl groups is 1. The van der Waals surface area contributed by atoms with Gasteiger partial charge < -0.3 is 19.3 Å². The first kappa shape index (κ1) is 14.2. The summed E-state index contributed by atoms with van der Waals surface area (Å²) in [5.74, 6) is 1.77. The summed E-state index contributed by atoms with van der Waals surface area (Å²) in [5, 5.41) is 10.5. The largest absolute Gasteiger partial charge is 0.493 e. The van der Waals surface area contributed by atoms with Crippen LogP contribution >= 0.6 is 0 Å². The Balaban J connectivity index is 2.19. The molecule has 2 unspecified atom stereocenters. The Morgan fingerprint density at radius 3 is 2.42 bits per heavy atom. The summed E-state index contributed by atoms with van der Waals surface area (Å²) >= 11 is 0. The van der Waals surface area contributed by atoms with Crippen molar-refractivity contribution in [1.29, 1.82) is 0 Å². The van der Waals surface area contributed by atoms with E-state index in [4.69, 9.17) is 14.2 Å². The van der Waals surface area contributed by atoms with Crippen molar-refractivity contribution >= 4 is 0 Å². The van der Waals surface area contributed by atoms with Gasteiger partial charge in [0.15, 0.2) is 11.5 Å². The van der Waals surface area contributed by atoms with Gasteiger partial charge in [0, 0.05) is 6.61 Å². The third-order valence-corrected chi connectivity index (χ3v) is 3.51. The van der Waals surface area contributed by atoms with Gasteiger partial charge in [-0.05, 0) is 43.4 Å². The van der Waals surface area contributed by atoms with Crippen LogP contribution in [0.4, 0.5) is 0 Å². The van der Waals surface area contributed by atoms with Crippen molar-refractivity contribution in [3.8, 4) is 11.5 Å². The Kier molecular flexibility index (Phi) is 4.66. The molecule has 0 saturated heterocycles. The lowest BCUT2D eigenvalue weighted by Gasteiger charge is -2.23. The Labute approximate surface area is 114 Å². The number of ether oxygens (including phenoxy) is 3. The van der Waals surface area contributed by atoms with Gasteiger partial charge in [-0.1, -0.05) is 6.07 Å². The second kappa shape index (κ2) is 6.26. The van der Waals surface area contributed by atoms with E-state index in [-0.39, 0.29) is 6.10 Å². The van der Waals surface area contributed by atoms with Crippen molar-refractivity contribution in [3.05, 3.63) is 23.8 Å². The highest BCUT2D eigenvalue weighted by molar-refractivity contribution is 5.43. The summed E-state index contributed by atoms with van der Waals surface area (Å²) < 4.78 is 16.2. The van der Waals surface area contributed by atoms with Crippen LogP contribution in [0.3, 0.4) is 0 Å². The number of methoxy groups -OCH3 is 2. The van der Waals surface area contributed by atoms with Crippen LogP contribution in [-0.4, -0.2) is 32.0 Å². The minimum atomic E-state index is -0.618. The molecule has 1 N–H and O–H groups in total. The van der Waals surface area contributed by atoms with Crippen molar-refractivity contribution in [2.45, 2.75) is 32.0 Å². The fourth-order valence-corrected chi connectivity index (χ4v) is 2.33. The van der Waals surface area contributed by atoms with E-state index in [9.17, 15) is 5.11 Å². The quantitative estimate of drug-likeness (QED) is 0.824. The maximum Gasteiger partial charge on any atom is 0.161 e. The van der Waals surface area contributed by atoms with Crippen LogP contribution < -0.4 is 9.47 Å². The Morgan fingerprint density at radius 2 is 1.89 bits per heavy atom. The van der Waals surface area contributed by atoms with E-state index >= 15 is 0 Å². The van der Waals surface area contributed by atoms with Gasteiger partial charge in [0.25, 0.3) is 0 Å². The molecule has 0 spiro atoms. The van der Waals surface area contributed by atoms with Crippen molar-refractivity contribution < 1.29 is 19.3 Å². The number of hydrogen-bond donors (Lipinski definition) is 1. The average Bonchev–Trinajstić information content (AvgIpc) is 3.27. The lowest BCUT2D eigenvalue weighted by Crippen LogP contribution is -2.24. The minimum absolute atomic E-state index is 0.122. The predicted octanol–water partition coefficient (Wildman–Crippen LogP) is 2.55. The van der Waals surface area contributed by atoms with Crippen LogP contribution in [-0.2, 0) is 4.74 Å². The highest BCUT2D eigenvalue weighted by Gasteiger charge is 2.37. The fraction of sp³-hybridized carbons (Fsp3) is 0.600. The van der Waals surface area contributed by atoms with E-state index in [0.717, 1.165) is 18.4 Å². The van der Waals surface area contributed by atoms with Crippen LogP contribution in [0.1, 0.15) is 31.4 Å². The molecule has 2 rings (SSSR count). The normalized spacial score (nSPS) is 17.9. The van der Waals surface area contributed by atoms with Crippen LogP contribution in [0.2, 0.25) is 0 Å². The first-order valence-corrected chi connectivity index (χ1v) is 6.72. The molecule has 1 aromatic rings. The third-order valence-electron chi connectivity index (χ3n) is 3.51. The maximum atomic E-state index is 10.5. The molecule has 1 aromatic carbocycles. The van der Waals surface area contributed by atoms with E-state index in [1.54, 1.807) is 14.2 Å². The van der Waals surface area contributed by atoms with Crippen molar-refractivity contribution in [2.24, 2.45) is 5.92 Å². The van der Waals surface area contributed by atoms with Crippen LogP contribution in [0, 0.1) is 5.92 Å². The van der Waals surface area contributed by atoms with Gasteiger partial charge in [-0.25, -0.2) is 0 Å². The Bertz CT molecular complexity index is 415. The molecular weight excluding hydrogens is 244 g/mol. The van der Waals surface area contributed by atoms with E-state index in [1.165, 1.54) is 0 Å². The van der Waals surface area contributed by atoms with Crippen LogP contribution in [0.5, 0.6) is 11.5 Å². The average molecular weight is 266 g/mol. The van der Waals surface area contributed by atoms with Crippen LogP contribution in [0.25, 0.3) is 0 Å². The highest BCUT2D eigenvalue weighted by Crippen LogP contribution is 2.41. The van der Waals surface area contributed by atoms with E-state index in [1.807, 2.05) is 25.1 Å². The summed E-state index contributed by atoms with van der Waals surface area (Å²) in [6.45, 7) is 2.57. The Hall–Kier alpha value is -1.26. The molecule has 0 amide bonds. The summed E-state index contributed by atoms with van der Waals surface area (Å²) in [4.78, 5) is 0. The summed E-state index contributed by atoms with van der Waals surface area (Å²) in [6, 6.07) is 5.49. The molecule has 0 aromatic heterocycles.